The zero-order valence-corrected chi connectivity index (χ0v) is 15.5. The zero-order chi connectivity index (χ0) is 19.3. The Kier molecular flexibility index (Phi) is 6.03. The molecule has 26 heavy (non-hydrogen) atoms. The number of nitrogens with zero attached hydrogens (tertiary/aromatic N) is 1. The Morgan fingerprint density at radius 2 is 1.35 bits per heavy atom. The van der Waals surface area contributed by atoms with Crippen LogP contribution in [-0.2, 0) is 9.53 Å². The molecule has 0 unspecified atom stereocenters. The summed E-state index contributed by atoms with van der Waals surface area (Å²) in [5.74, 6) is -1.09. The largest absolute Gasteiger partial charge is 0.480 e. The van der Waals surface area contributed by atoms with Gasteiger partial charge in [0.05, 0.1) is 6.04 Å². The second-order valence-corrected chi connectivity index (χ2v) is 7.13. The molecule has 0 saturated heterocycles. The van der Waals surface area contributed by atoms with Crippen LogP contribution in [0.2, 0.25) is 0 Å². The van der Waals surface area contributed by atoms with Crippen molar-refractivity contribution in [2.75, 3.05) is 0 Å². The number of benzene rings is 2. The Morgan fingerprint density at radius 3 is 1.69 bits per heavy atom. The Hall–Kier alpha value is -2.82. The van der Waals surface area contributed by atoms with Gasteiger partial charge in [0.25, 0.3) is 0 Å². The average molecular weight is 355 g/mol. The van der Waals surface area contributed by atoms with Gasteiger partial charge in [0, 0.05) is 0 Å². The summed E-state index contributed by atoms with van der Waals surface area (Å²) in [6.07, 6.45) is -0.662. The molecule has 5 heteroatoms. The standard InChI is InChI=1S/C21H25NO4/c1-15(19(23)24)22(20(25)26-21(2,3)4)18(16-11-7-5-8-12-16)17-13-9-6-10-14-17/h5-15,18H,1-4H3,(H,23,24)/t15-/m0/s1. The molecular weight excluding hydrogens is 330 g/mol. The Labute approximate surface area is 154 Å². The molecule has 2 aromatic carbocycles. The predicted octanol–water partition coefficient (Wildman–Crippen LogP) is 4.49. The summed E-state index contributed by atoms with van der Waals surface area (Å²) in [5, 5.41) is 9.59. The first-order valence-corrected chi connectivity index (χ1v) is 8.54. The minimum absolute atomic E-state index is 0.571. The number of ether oxygens (including phenoxy) is 1. The second-order valence-electron chi connectivity index (χ2n) is 7.13. The lowest BCUT2D eigenvalue weighted by Gasteiger charge is -2.36. The topological polar surface area (TPSA) is 66.8 Å². The number of amides is 1. The molecule has 0 aliphatic rings. The van der Waals surface area contributed by atoms with Crippen LogP contribution in [0.3, 0.4) is 0 Å². The molecule has 0 aromatic heterocycles. The fraction of sp³-hybridized carbons (Fsp3) is 0.333. The van der Waals surface area contributed by atoms with Gasteiger partial charge in [0.2, 0.25) is 0 Å². The van der Waals surface area contributed by atoms with Gasteiger partial charge in [-0.25, -0.2) is 9.59 Å². The first kappa shape index (κ1) is 19.5. The molecule has 0 bridgehead atoms. The van der Waals surface area contributed by atoms with Crippen molar-refractivity contribution in [1.29, 1.82) is 0 Å². The van der Waals surface area contributed by atoms with E-state index in [0.29, 0.717) is 0 Å². The summed E-state index contributed by atoms with van der Waals surface area (Å²) in [6.45, 7) is 6.77. The monoisotopic (exact) mass is 355 g/mol. The van der Waals surface area contributed by atoms with Crippen molar-refractivity contribution in [2.45, 2.75) is 45.4 Å². The first-order chi connectivity index (χ1) is 12.2. The highest BCUT2D eigenvalue weighted by Crippen LogP contribution is 2.32. The second kappa shape index (κ2) is 8.04. The van der Waals surface area contributed by atoms with E-state index in [9.17, 15) is 14.7 Å². The van der Waals surface area contributed by atoms with Gasteiger partial charge in [-0.05, 0) is 38.8 Å². The fourth-order valence-corrected chi connectivity index (χ4v) is 2.71. The van der Waals surface area contributed by atoms with Crippen LogP contribution in [0, 0.1) is 0 Å². The van der Waals surface area contributed by atoms with Crippen LogP contribution in [0.25, 0.3) is 0 Å². The molecule has 2 rings (SSSR count). The van der Waals surface area contributed by atoms with E-state index >= 15 is 0 Å². The van der Waals surface area contributed by atoms with Crippen molar-refractivity contribution in [2.24, 2.45) is 0 Å². The lowest BCUT2D eigenvalue weighted by Crippen LogP contribution is -2.48. The molecular formula is C21H25NO4. The third kappa shape index (κ3) is 4.85. The SMILES string of the molecule is C[C@@H](C(=O)O)N(C(=O)OC(C)(C)C)C(c1ccccc1)c1ccccc1. The minimum Gasteiger partial charge on any atom is -0.480 e. The number of carbonyl (C=O) groups excluding carboxylic acids is 1. The van der Waals surface area contributed by atoms with E-state index in [1.54, 1.807) is 20.8 Å². The third-order valence-corrected chi connectivity index (χ3v) is 3.89. The predicted molar refractivity (Wildman–Crippen MR) is 99.9 cm³/mol. The molecule has 0 spiro atoms. The molecule has 0 heterocycles. The molecule has 0 radical (unpaired) electrons. The first-order valence-electron chi connectivity index (χ1n) is 8.54. The van der Waals surface area contributed by atoms with Gasteiger partial charge < -0.3 is 9.84 Å². The average Bonchev–Trinajstić information content (AvgIpc) is 2.58. The molecule has 0 aliphatic carbocycles. The number of hydrogen-bond acceptors (Lipinski definition) is 3. The quantitative estimate of drug-likeness (QED) is 0.858. The molecule has 0 aliphatic heterocycles. The molecule has 138 valence electrons. The van der Waals surface area contributed by atoms with Crippen LogP contribution in [0.1, 0.15) is 44.9 Å². The van der Waals surface area contributed by atoms with Crippen LogP contribution >= 0.6 is 0 Å². The van der Waals surface area contributed by atoms with Crippen LogP contribution in [0.5, 0.6) is 0 Å². The summed E-state index contributed by atoms with van der Waals surface area (Å²) < 4.78 is 5.52. The number of carbonyl (C=O) groups is 2. The van der Waals surface area contributed by atoms with Gasteiger partial charge in [-0.3, -0.25) is 4.90 Å². The molecule has 5 nitrogen and oxygen atoms in total. The number of carboxylic acids is 1. The van der Waals surface area contributed by atoms with E-state index in [1.807, 2.05) is 60.7 Å². The number of rotatable bonds is 5. The van der Waals surface area contributed by atoms with Gasteiger partial charge in [-0.2, -0.15) is 0 Å². The highest BCUT2D eigenvalue weighted by molar-refractivity contribution is 5.80. The molecule has 1 atom stereocenters. The highest BCUT2D eigenvalue weighted by Gasteiger charge is 2.36. The third-order valence-electron chi connectivity index (χ3n) is 3.89. The van der Waals surface area contributed by atoms with Gasteiger partial charge >= 0.3 is 12.1 Å². The molecule has 0 fully saturated rings. The van der Waals surface area contributed by atoms with Gasteiger partial charge in [-0.1, -0.05) is 60.7 Å². The Balaban J connectivity index is 2.58. The van der Waals surface area contributed by atoms with E-state index in [4.69, 9.17) is 4.74 Å². The lowest BCUT2D eigenvalue weighted by atomic mass is 9.96. The van der Waals surface area contributed by atoms with Crippen LogP contribution < -0.4 is 0 Å². The molecule has 1 N–H and O–H groups in total. The number of hydrogen-bond donors (Lipinski definition) is 1. The summed E-state index contributed by atoms with van der Waals surface area (Å²) >= 11 is 0. The van der Waals surface area contributed by atoms with Gasteiger partial charge in [0.1, 0.15) is 11.6 Å². The van der Waals surface area contributed by atoms with Crippen molar-refractivity contribution >= 4 is 12.1 Å². The van der Waals surface area contributed by atoms with Crippen LogP contribution in [0.15, 0.2) is 60.7 Å². The van der Waals surface area contributed by atoms with Crippen molar-refractivity contribution in [3.8, 4) is 0 Å². The number of aliphatic carboxylic acids is 1. The normalized spacial score (nSPS) is 12.5. The fourth-order valence-electron chi connectivity index (χ4n) is 2.71. The Morgan fingerprint density at radius 1 is 0.923 bits per heavy atom. The summed E-state index contributed by atoms with van der Waals surface area (Å²) in [5.41, 5.74) is 0.904. The summed E-state index contributed by atoms with van der Waals surface area (Å²) in [7, 11) is 0. The molecule has 1 amide bonds. The van der Waals surface area contributed by atoms with Crippen molar-refractivity contribution in [1.82, 2.24) is 4.90 Å². The maximum absolute atomic E-state index is 12.9. The van der Waals surface area contributed by atoms with Crippen molar-refractivity contribution < 1.29 is 19.4 Å². The van der Waals surface area contributed by atoms with Crippen LogP contribution in [0.4, 0.5) is 4.79 Å². The van der Waals surface area contributed by atoms with E-state index in [2.05, 4.69) is 0 Å². The van der Waals surface area contributed by atoms with Crippen molar-refractivity contribution in [3.63, 3.8) is 0 Å². The minimum atomic E-state index is -1.09. The van der Waals surface area contributed by atoms with Crippen LogP contribution in [-0.4, -0.2) is 33.7 Å². The highest BCUT2D eigenvalue weighted by atomic mass is 16.6. The van der Waals surface area contributed by atoms with Gasteiger partial charge in [-0.15, -0.1) is 0 Å². The molecule has 0 saturated carbocycles. The lowest BCUT2D eigenvalue weighted by molar-refractivity contribution is -0.143. The zero-order valence-electron chi connectivity index (χ0n) is 15.5. The molecule has 2 aromatic rings. The number of carboxylic acid groups (broad SMARTS) is 1. The van der Waals surface area contributed by atoms with Crippen molar-refractivity contribution in [3.05, 3.63) is 71.8 Å². The Bertz CT molecular complexity index is 698. The van der Waals surface area contributed by atoms with E-state index < -0.39 is 29.7 Å². The van der Waals surface area contributed by atoms with E-state index in [0.717, 1.165) is 11.1 Å². The smallest absolute Gasteiger partial charge is 0.411 e. The van der Waals surface area contributed by atoms with E-state index in [1.165, 1.54) is 11.8 Å². The van der Waals surface area contributed by atoms with Gasteiger partial charge in [0.15, 0.2) is 0 Å². The maximum atomic E-state index is 12.9. The summed E-state index contributed by atoms with van der Waals surface area (Å²) in [6, 6.07) is 17.1. The summed E-state index contributed by atoms with van der Waals surface area (Å²) in [4.78, 5) is 26.0. The van der Waals surface area contributed by atoms with E-state index in [-0.39, 0.29) is 0 Å². The maximum Gasteiger partial charge on any atom is 0.411 e.